The van der Waals surface area contributed by atoms with Crippen LogP contribution < -0.4 is 0 Å². The highest BCUT2D eigenvalue weighted by Crippen LogP contribution is 2.53. The number of aryl methyl sites for hydroxylation is 2. The van der Waals surface area contributed by atoms with Crippen molar-refractivity contribution in [2.75, 3.05) is 0 Å². The predicted octanol–water partition coefficient (Wildman–Crippen LogP) is 4.64. The molecule has 3 nitrogen and oxygen atoms in total. The van der Waals surface area contributed by atoms with Gasteiger partial charge in [-0.3, -0.25) is 0 Å². The number of halogens is 5. The number of nitrogens with zero attached hydrogens (tertiary/aromatic N) is 3. The van der Waals surface area contributed by atoms with Crippen LogP contribution in [-0.4, -0.2) is 18.8 Å². The maximum atomic E-state index is 6.23. The zero-order chi connectivity index (χ0) is 14.0. The largest absolute Gasteiger partial charge is 0.246 e. The molecule has 0 fully saturated rings. The van der Waals surface area contributed by atoms with E-state index in [0.717, 1.165) is 12.8 Å². The average molecular weight is 354 g/mol. The van der Waals surface area contributed by atoms with Gasteiger partial charge in [0, 0.05) is 6.54 Å². The SMILES string of the molecule is CCCc1nnn(CCC)c1C(Cl)(Cl)C(Cl)(Cl)Cl. The van der Waals surface area contributed by atoms with E-state index in [9.17, 15) is 0 Å². The maximum Gasteiger partial charge on any atom is 0.228 e. The van der Waals surface area contributed by atoms with Crippen LogP contribution in [0, 0.1) is 0 Å². The molecule has 0 aliphatic rings. The van der Waals surface area contributed by atoms with Gasteiger partial charge in [0.1, 0.15) is 5.69 Å². The second kappa shape index (κ2) is 6.36. The lowest BCUT2D eigenvalue weighted by atomic mass is 10.1. The van der Waals surface area contributed by atoms with Gasteiger partial charge in [0.25, 0.3) is 0 Å². The van der Waals surface area contributed by atoms with Crippen LogP contribution in [0.2, 0.25) is 0 Å². The quantitative estimate of drug-likeness (QED) is 0.722. The normalized spacial score (nSPS) is 13.1. The molecule has 18 heavy (non-hydrogen) atoms. The topological polar surface area (TPSA) is 30.7 Å². The monoisotopic (exact) mass is 351 g/mol. The molecule has 1 heterocycles. The highest BCUT2D eigenvalue weighted by Gasteiger charge is 2.51. The van der Waals surface area contributed by atoms with Crippen LogP contribution in [-0.2, 0) is 17.3 Å². The summed E-state index contributed by atoms with van der Waals surface area (Å²) in [5, 5.41) is 8.10. The van der Waals surface area contributed by atoms with Gasteiger partial charge in [-0.2, -0.15) is 0 Å². The fraction of sp³-hybridized carbons (Fsp3) is 0.800. The Balaban J connectivity index is 3.29. The number of hydrogen-bond donors (Lipinski definition) is 0. The molecule has 0 saturated carbocycles. The second-order valence-corrected chi connectivity index (χ2v) is 7.54. The van der Waals surface area contributed by atoms with Crippen LogP contribution >= 0.6 is 58.0 Å². The molecule has 0 N–H and O–H groups in total. The molecule has 104 valence electrons. The maximum absolute atomic E-state index is 6.23. The molecule has 1 aromatic rings. The summed E-state index contributed by atoms with van der Waals surface area (Å²) in [6.07, 6.45) is 2.41. The summed E-state index contributed by atoms with van der Waals surface area (Å²) < 4.78 is -1.93. The summed E-state index contributed by atoms with van der Waals surface area (Å²) in [5.74, 6) is 0. The van der Waals surface area contributed by atoms with Crippen LogP contribution in [0.4, 0.5) is 0 Å². The molecule has 0 atom stereocenters. The van der Waals surface area contributed by atoms with Crippen molar-refractivity contribution in [1.82, 2.24) is 15.0 Å². The van der Waals surface area contributed by atoms with Crippen molar-refractivity contribution in [3.05, 3.63) is 11.4 Å². The lowest BCUT2D eigenvalue weighted by molar-refractivity contribution is 0.543. The first kappa shape index (κ1) is 16.6. The first-order valence-corrected chi connectivity index (χ1v) is 7.52. The van der Waals surface area contributed by atoms with Crippen LogP contribution in [0.1, 0.15) is 38.1 Å². The first-order chi connectivity index (χ1) is 8.25. The van der Waals surface area contributed by atoms with Gasteiger partial charge < -0.3 is 0 Å². The predicted molar refractivity (Wildman–Crippen MR) is 78.0 cm³/mol. The Morgan fingerprint density at radius 1 is 1.06 bits per heavy atom. The number of rotatable bonds is 5. The van der Waals surface area contributed by atoms with E-state index in [-0.39, 0.29) is 0 Å². The van der Waals surface area contributed by atoms with Crippen molar-refractivity contribution in [1.29, 1.82) is 0 Å². The minimum atomic E-state index is -1.86. The Morgan fingerprint density at radius 3 is 2.11 bits per heavy atom. The van der Waals surface area contributed by atoms with Gasteiger partial charge in [0.2, 0.25) is 8.13 Å². The standard InChI is InChI=1S/C10H14Cl5N3/c1-3-5-7-8(9(11,12)10(13,14)15)18(6-4-2)17-16-7/h3-6H2,1-2H3. The summed E-state index contributed by atoms with van der Waals surface area (Å²) in [5.41, 5.74) is 1.14. The molecule has 0 bridgehead atoms. The molecular weight excluding hydrogens is 339 g/mol. The third kappa shape index (κ3) is 3.37. The third-order valence-corrected chi connectivity index (χ3v) is 4.74. The van der Waals surface area contributed by atoms with E-state index < -0.39 is 8.13 Å². The van der Waals surface area contributed by atoms with E-state index in [1.54, 1.807) is 4.68 Å². The van der Waals surface area contributed by atoms with E-state index in [1.165, 1.54) is 0 Å². The Bertz CT molecular complexity index is 373. The van der Waals surface area contributed by atoms with E-state index in [2.05, 4.69) is 10.3 Å². The van der Waals surface area contributed by atoms with Crippen LogP contribution in [0.25, 0.3) is 0 Å². The fourth-order valence-electron chi connectivity index (χ4n) is 1.60. The smallest absolute Gasteiger partial charge is 0.228 e. The van der Waals surface area contributed by atoms with Gasteiger partial charge in [-0.1, -0.05) is 83.5 Å². The third-order valence-electron chi connectivity index (χ3n) is 2.38. The summed E-state index contributed by atoms with van der Waals surface area (Å²) in [7, 11) is 0. The van der Waals surface area contributed by atoms with Gasteiger partial charge in [-0.05, 0) is 12.8 Å². The summed E-state index contributed by atoms with van der Waals surface area (Å²) >= 11 is 30.0. The zero-order valence-electron chi connectivity index (χ0n) is 10.1. The van der Waals surface area contributed by atoms with E-state index >= 15 is 0 Å². The van der Waals surface area contributed by atoms with E-state index in [0.29, 0.717) is 24.4 Å². The van der Waals surface area contributed by atoms with E-state index in [1.807, 2.05) is 13.8 Å². The molecule has 8 heteroatoms. The Labute approximate surface area is 132 Å². The average Bonchev–Trinajstić information content (AvgIpc) is 2.61. The van der Waals surface area contributed by atoms with Gasteiger partial charge >= 0.3 is 0 Å². The highest BCUT2D eigenvalue weighted by atomic mass is 35.6. The molecule has 0 spiro atoms. The van der Waals surface area contributed by atoms with Crippen molar-refractivity contribution in [2.24, 2.45) is 0 Å². The van der Waals surface area contributed by atoms with Gasteiger partial charge in [0.15, 0.2) is 0 Å². The van der Waals surface area contributed by atoms with Crippen LogP contribution in [0.5, 0.6) is 0 Å². The fourth-order valence-corrected chi connectivity index (χ4v) is 2.28. The minimum Gasteiger partial charge on any atom is -0.246 e. The van der Waals surface area contributed by atoms with Crippen molar-refractivity contribution < 1.29 is 0 Å². The van der Waals surface area contributed by atoms with Gasteiger partial charge in [0.05, 0.1) is 5.69 Å². The van der Waals surface area contributed by atoms with Gasteiger partial charge in [-0.25, -0.2) is 4.68 Å². The molecule has 0 aromatic carbocycles. The van der Waals surface area contributed by atoms with Crippen LogP contribution in [0.3, 0.4) is 0 Å². The molecule has 0 amide bonds. The molecule has 0 aliphatic heterocycles. The Hall–Kier alpha value is 0.590. The highest BCUT2D eigenvalue weighted by molar-refractivity contribution is 6.75. The lowest BCUT2D eigenvalue weighted by Gasteiger charge is -2.28. The summed E-state index contributed by atoms with van der Waals surface area (Å²) in [6, 6.07) is 0. The van der Waals surface area contributed by atoms with Crippen molar-refractivity contribution in [2.45, 2.75) is 47.8 Å². The zero-order valence-corrected chi connectivity index (χ0v) is 13.8. The summed E-state index contributed by atoms with van der Waals surface area (Å²) in [6.45, 7) is 4.64. The van der Waals surface area contributed by atoms with Crippen molar-refractivity contribution >= 4 is 58.0 Å². The van der Waals surface area contributed by atoms with Crippen molar-refractivity contribution in [3.63, 3.8) is 0 Å². The molecule has 1 rings (SSSR count). The molecule has 0 aliphatic carbocycles. The Morgan fingerprint density at radius 2 is 1.67 bits per heavy atom. The minimum absolute atomic E-state index is 0.467. The van der Waals surface area contributed by atoms with Crippen molar-refractivity contribution in [3.8, 4) is 0 Å². The van der Waals surface area contributed by atoms with Crippen LogP contribution in [0.15, 0.2) is 0 Å². The molecular formula is C10H14Cl5N3. The summed E-state index contributed by atoms with van der Waals surface area (Å²) in [4.78, 5) is 0. The molecule has 1 aromatic heterocycles. The number of aromatic nitrogens is 3. The lowest BCUT2D eigenvalue weighted by Crippen LogP contribution is -2.32. The molecule has 0 saturated heterocycles. The Kier molecular flexibility index (Phi) is 5.88. The van der Waals surface area contributed by atoms with E-state index in [4.69, 9.17) is 58.0 Å². The number of hydrogen-bond acceptors (Lipinski definition) is 2. The molecule has 0 radical (unpaired) electrons. The number of alkyl halides is 5. The van der Waals surface area contributed by atoms with Gasteiger partial charge in [-0.15, -0.1) is 5.10 Å². The second-order valence-electron chi connectivity index (χ2n) is 3.93. The first-order valence-electron chi connectivity index (χ1n) is 5.63. The molecule has 0 unspecified atom stereocenters.